The lowest BCUT2D eigenvalue weighted by Crippen LogP contribution is -2.29. The Hall–Kier alpha value is -1.66. The predicted octanol–water partition coefficient (Wildman–Crippen LogP) is 2.26. The minimum Gasteiger partial charge on any atom is -0.376 e. The van der Waals surface area contributed by atoms with E-state index in [9.17, 15) is 9.59 Å². The molecule has 2 aromatic rings. The van der Waals surface area contributed by atoms with Gasteiger partial charge in [0.15, 0.2) is 5.16 Å². The van der Waals surface area contributed by atoms with Crippen molar-refractivity contribution in [2.24, 2.45) is 0 Å². The molecular formula is C16H18N2O3S. The van der Waals surface area contributed by atoms with Crippen LogP contribution in [0.4, 0.5) is 0 Å². The van der Waals surface area contributed by atoms with Crippen LogP contribution in [0.3, 0.4) is 0 Å². The molecule has 2 heterocycles. The molecule has 0 saturated carbocycles. The summed E-state index contributed by atoms with van der Waals surface area (Å²) < 4.78 is 7.30. The smallest absolute Gasteiger partial charge is 0.262 e. The highest BCUT2D eigenvalue weighted by Crippen LogP contribution is 2.20. The number of ether oxygens (including phenoxy) is 1. The van der Waals surface area contributed by atoms with E-state index >= 15 is 0 Å². The number of hydrogen-bond donors (Lipinski definition) is 0. The van der Waals surface area contributed by atoms with Crippen molar-refractivity contribution in [1.29, 1.82) is 0 Å². The van der Waals surface area contributed by atoms with E-state index < -0.39 is 0 Å². The monoisotopic (exact) mass is 318 g/mol. The van der Waals surface area contributed by atoms with Gasteiger partial charge in [-0.3, -0.25) is 14.2 Å². The predicted molar refractivity (Wildman–Crippen MR) is 86.4 cm³/mol. The van der Waals surface area contributed by atoms with Crippen LogP contribution in [-0.4, -0.2) is 33.8 Å². The molecular weight excluding hydrogens is 300 g/mol. The largest absolute Gasteiger partial charge is 0.376 e. The number of aromatic nitrogens is 2. The van der Waals surface area contributed by atoms with Crippen LogP contribution in [0.15, 0.2) is 34.2 Å². The molecule has 5 nitrogen and oxygen atoms in total. The topological polar surface area (TPSA) is 61.2 Å². The van der Waals surface area contributed by atoms with Crippen LogP contribution in [-0.2, 0) is 16.1 Å². The van der Waals surface area contributed by atoms with Crippen molar-refractivity contribution in [3.63, 3.8) is 0 Å². The van der Waals surface area contributed by atoms with Gasteiger partial charge in [0.05, 0.1) is 29.3 Å². The normalized spacial score (nSPS) is 18.0. The molecule has 0 aliphatic carbocycles. The molecule has 1 fully saturated rings. The first-order valence-electron chi connectivity index (χ1n) is 7.38. The number of carbonyl (C=O) groups is 1. The second-order valence-electron chi connectivity index (χ2n) is 5.45. The molecule has 1 aromatic heterocycles. The number of thioether (sulfide) groups is 1. The molecule has 1 aliphatic heterocycles. The van der Waals surface area contributed by atoms with E-state index in [2.05, 4.69) is 4.98 Å². The summed E-state index contributed by atoms with van der Waals surface area (Å²) in [6.45, 7) is 2.78. The number of benzene rings is 1. The van der Waals surface area contributed by atoms with Crippen molar-refractivity contribution < 1.29 is 9.53 Å². The van der Waals surface area contributed by atoms with Crippen LogP contribution >= 0.6 is 11.8 Å². The van der Waals surface area contributed by atoms with Crippen LogP contribution in [0.25, 0.3) is 10.9 Å². The van der Waals surface area contributed by atoms with Gasteiger partial charge < -0.3 is 4.74 Å². The maximum absolute atomic E-state index is 12.8. The summed E-state index contributed by atoms with van der Waals surface area (Å²) in [5, 5.41) is 1.20. The second-order valence-corrected chi connectivity index (χ2v) is 6.40. The number of ketones is 1. The van der Waals surface area contributed by atoms with Crippen LogP contribution in [0, 0.1) is 0 Å². The van der Waals surface area contributed by atoms with Gasteiger partial charge >= 0.3 is 0 Å². The van der Waals surface area contributed by atoms with Crippen LogP contribution in [0.5, 0.6) is 0 Å². The lowest BCUT2D eigenvalue weighted by Gasteiger charge is -2.16. The van der Waals surface area contributed by atoms with Crippen LogP contribution in [0.2, 0.25) is 0 Å². The van der Waals surface area contributed by atoms with Gasteiger partial charge in [0.2, 0.25) is 0 Å². The van der Waals surface area contributed by atoms with Crippen molar-refractivity contribution in [3.05, 3.63) is 34.6 Å². The average molecular weight is 318 g/mol. The molecule has 1 atom stereocenters. The Bertz CT molecular complexity index is 751. The fourth-order valence-electron chi connectivity index (χ4n) is 2.58. The zero-order chi connectivity index (χ0) is 15.5. The van der Waals surface area contributed by atoms with Gasteiger partial charge in [-0.05, 0) is 31.9 Å². The van der Waals surface area contributed by atoms with Gasteiger partial charge in [0.1, 0.15) is 5.78 Å². The van der Waals surface area contributed by atoms with Crippen molar-refractivity contribution in [1.82, 2.24) is 9.55 Å². The molecule has 6 heteroatoms. The Kier molecular flexibility index (Phi) is 4.59. The minimum absolute atomic E-state index is 0.0531. The molecule has 116 valence electrons. The Labute approximate surface area is 132 Å². The van der Waals surface area contributed by atoms with Crippen LogP contribution < -0.4 is 5.56 Å². The number of para-hydroxylation sites is 1. The molecule has 0 unspecified atom stereocenters. The molecule has 0 radical (unpaired) electrons. The summed E-state index contributed by atoms with van der Waals surface area (Å²) in [5.74, 6) is 0.382. The molecule has 0 amide bonds. The maximum atomic E-state index is 12.8. The quantitative estimate of drug-likeness (QED) is 0.625. The van der Waals surface area contributed by atoms with Crippen molar-refractivity contribution in [2.75, 3.05) is 12.4 Å². The fraction of sp³-hybridized carbons (Fsp3) is 0.438. The summed E-state index contributed by atoms with van der Waals surface area (Å²) in [4.78, 5) is 28.6. The first-order chi connectivity index (χ1) is 10.6. The molecule has 0 spiro atoms. The zero-order valence-electron chi connectivity index (χ0n) is 12.4. The van der Waals surface area contributed by atoms with Crippen LogP contribution in [0.1, 0.15) is 19.8 Å². The van der Waals surface area contributed by atoms with E-state index in [0.717, 1.165) is 19.4 Å². The van der Waals surface area contributed by atoms with Crippen molar-refractivity contribution in [2.45, 2.75) is 37.6 Å². The summed E-state index contributed by atoms with van der Waals surface area (Å²) in [6, 6.07) is 7.31. The SMILES string of the molecule is CC(=O)CSc1nc2ccccc2c(=O)n1C[C@@H]1CCCO1. The number of nitrogens with zero attached hydrogens (tertiary/aromatic N) is 2. The lowest BCUT2D eigenvalue weighted by atomic mass is 10.2. The summed E-state index contributed by atoms with van der Waals surface area (Å²) in [6.07, 6.45) is 2.03. The van der Waals surface area contributed by atoms with Gasteiger partial charge in [-0.1, -0.05) is 23.9 Å². The standard InChI is InChI=1S/C16H18N2O3S/c1-11(19)10-22-16-17-14-7-3-2-6-13(14)15(20)18(16)9-12-5-4-8-21-12/h2-3,6-7,12H,4-5,8-10H2,1H3/t12-/m0/s1. The fourth-order valence-corrected chi connectivity index (χ4v) is 3.39. The van der Waals surface area contributed by atoms with Gasteiger partial charge in [-0.15, -0.1) is 0 Å². The molecule has 0 N–H and O–H groups in total. The Morgan fingerprint density at radius 3 is 3.00 bits per heavy atom. The zero-order valence-corrected chi connectivity index (χ0v) is 13.3. The third-order valence-electron chi connectivity index (χ3n) is 3.64. The van der Waals surface area contributed by atoms with E-state index in [1.165, 1.54) is 18.7 Å². The van der Waals surface area contributed by atoms with E-state index in [4.69, 9.17) is 4.74 Å². The number of carbonyl (C=O) groups excluding carboxylic acids is 1. The molecule has 22 heavy (non-hydrogen) atoms. The number of Topliss-reactive ketones (excluding diaryl/α,β-unsaturated/α-hetero) is 1. The Morgan fingerprint density at radius 2 is 2.27 bits per heavy atom. The highest BCUT2D eigenvalue weighted by atomic mass is 32.2. The molecule has 3 rings (SSSR count). The highest BCUT2D eigenvalue weighted by Gasteiger charge is 2.20. The van der Waals surface area contributed by atoms with Gasteiger partial charge in [0.25, 0.3) is 5.56 Å². The number of hydrogen-bond acceptors (Lipinski definition) is 5. The van der Waals surface area contributed by atoms with Crippen molar-refractivity contribution in [3.8, 4) is 0 Å². The van der Waals surface area contributed by atoms with Gasteiger partial charge in [0, 0.05) is 6.61 Å². The minimum atomic E-state index is -0.0628. The van der Waals surface area contributed by atoms with Gasteiger partial charge in [-0.25, -0.2) is 4.98 Å². The Morgan fingerprint density at radius 1 is 1.45 bits per heavy atom. The third kappa shape index (κ3) is 3.23. The lowest BCUT2D eigenvalue weighted by molar-refractivity contribution is -0.114. The first kappa shape index (κ1) is 15.2. The number of rotatable bonds is 5. The second kappa shape index (κ2) is 6.62. The van der Waals surface area contributed by atoms with E-state index in [-0.39, 0.29) is 17.4 Å². The molecule has 0 bridgehead atoms. The maximum Gasteiger partial charge on any atom is 0.262 e. The molecule has 1 saturated heterocycles. The van der Waals surface area contributed by atoms with E-state index in [1.807, 2.05) is 18.2 Å². The number of fused-ring (bicyclic) bond motifs is 1. The van der Waals surface area contributed by atoms with E-state index in [0.29, 0.717) is 28.4 Å². The highest BCUT2D eigenvalue weighted by molar-refractivity contribution is 7.99. The molecule has 1 aromatic carbocycles. The summed E-state index contributed by atoms with van der Waals surface area (Å²) in [5.41, 5.74) is 0.606. The summed E-state index contributed by atoms with van der Waals surface area (Å²) in [7, 11) is 0. The van der Waals surface area contributed by atoms with Gasteiger partial charge in [-0.2, -0.15) is 0 Å². The van der Waals surface area contributed by atoms with E-state index in [1.54, 1.807) is 10.6 Å². The molecule has 1 aliphatic rings. The average Bonchev–Trinajstić information content (AvgIpc) is 3.01. The first-order valence-corrected chi connectivity index (χ1v) is 8.37. The third-order valence-corrected chi connectivity index (χ3v) is 4.76. The Balaban J connectivity index is 2.03. The van der Waals surface area contributed by atoms with Crippen molar-refractivity contribution >= 4 is 28.4 Å². The summed E-state index contributed by atoms with van der Waals surface area (Å²) >= 11 is 1.31.